The maximum absolute atomic E-state index is 13.7. The van der Waals surface area contributed by atoms with E-state index in [1.165, 1.54) is 7.05 Å². The first-order valence-electron chi connectivity index (χ1n) is 18.1. The summed E-state index contributed by atoms with van der Waals surface area (Å²) in [5.41, 5.74) is 1.78. The van der Waals surface area contributed by atoms with Crippen molar-refractivity contribution in [3.63, 3.8) is 0 Å². The molecule has 3 aromatic rings. The minimum Gasteiger partial charge on any atom is -0.467 e. The molecule has 3 aromatic carbocycles. The van der Waals surface area contributed by atoms with Gasteiger partial charge in [0, 0.05) is 30.6 Å². The van der Waals surface area contributed by atoms with E-state index >= 15 is 0 Å². The van der Waals surface area contributed by atoms with Gasteiger partial charge in [-0.1, -0.05) is 62.6 Å². The van der Waals surface area contributed by atoms with Crippen molar-refractivity contribution in [3.8, 4) is 11.5 Å². The second-order valence-corrected chi connectivity index (χ2v) is 14.4. The Labute approximate surface area is 317 Å². The Hall–Kier alpha value is -5.29. The Bertz CT molecular complexity index is 1890. The van der Waals surface area contributed by atoms with Crippen LogP contribution in [0.1, 0.15) is 55.7 Å². The second-order valence-electron chi connectivity index (χ2n) is 14.4. The first kappa shape index (κ1) is 39.4. The summed E-state index contributed by atoms with van der Waals surface area (Å²) in [6, 6.07) is 17.8. The standard InChI is InChI=1S/C39H45N3O13/c1-39-17-9-5-8-12-24(34(39)40-37(47)52-21-22-10-6-4-7-11-22)18-23-13-15-26(20-27(23)39)53-38(48)41(2)28-19-25(42(49)50)14-16-29(28)54-36-32(45)30(43)31(44)33(55-36)35(46)51-3/h4,6-7,10-11,13-16,19-20,24,30-34,36,43-45H,5,8-9,12,17-18,21H2,1-3H3,(H,40,47)/t24-,30-,31-,32+,33-,34-,36+,39+/m0/s1. The summed E-state index contributed by atoms with van der Waals surface area (Å²) in [6.07, 6.45) is -5.14. The SMILES string of the molecule is COC(=O)[C@H]1O[C@@H](Oc2ccc([N+](=O)[O-])cc2N(C)C(=O)Oc2ccc3c(c2)[C@@]2(C)CCCCC[C@@H](C3)[C@@H]2NC(=O)OCc2ccccc2)[C@H](O)[C@@H](O)[C@@H]1O. The molecule has 1 aliphatic heterocycles. The number of fused-ring (bicyclic) bond motifs is 4. The fraction of sp³-hybridized carbons (Fsp3) is 0.462. The number of hydrogen-bond acceptors (Lipinski definition) is 13. The molecule has 294 valence electrons. The molecule has 6 rings (SSSR count). The number of benzene rings is 3. The van der Waals surface area contributed by atoms with Crippen molar-refractivity contribution in [2.24, 2.45) is 5.92 Å². The van der Waals surface area contributed by atoms with Gasteiger partial charge in [0.15, 0.2) is 6.10 Å². The van der Waals surface area contributed by atoms with Crippen LogP contribution in [0.15, 0.2) is 66.7 Å². The first-order valence-corrected chi connectivity index (χ1v) is 18.1. The first-order chi connectivity index (χ1) is 26.3. The highest BCUT2D eigenvalue weighted by molar-refractivity contribution is 5.91. The van der Waals surface area contributed by atoms with E-state index in [-0.39, 0.29) is 35.8 Å². The number of amides is 2. The third-order valence-corrected chi connectivity index (χ3v) is 10.8. The Balaban J connectivity index is 1.23. The molecule has 8 atom stereocenters. The molecular formula is C39H45N3O13. The summed E-state index contributed by atoms with van der Waals surface area (Å²) in [7, 11) is 2.33. The van der Waals surface area contributed by atoms with E-state index in [1.807, 2.05) is 36.4 Å². The smallest absolute Gasteiger partial charge is 0.419 e. The maximum Gasteiger partial charge on any atom is 0.419 e. The van der Waals surface area contributed by atoms with Crippen molar-refractivity contribution >= 4 is 29.5 Å². The van der Waals surface area contributed by atoms with Crippen LogP contribution in [0.25, 0.3) is 0 Å². The monoisotopic (exact) mass is 763 g/mol. The Kier molecular flexibility index (Phi) is 11.9. The minimum atomic E-state index is -1.89. The summed E-state index contributed by atoms with van der Waals surface area (Å²) >= 11 is 0. The number of non-ortho nitro benzene ring substituents is 1. The number of aliphatic hydroxyl groups excluding tert-OH is 3. The Morgan fingerprint density at radius 2 is 1.76 bits per heavy atom. The third kappa shape index (κ3) is 8.37. The molecule has 2 bridgehead atoms. The van der Waals surface area contributed by atoms with Crippen LogP contribution in [0.5, 0.6) is 11.5 Å². The molecule has 2 fully saturated rings. The van der Waals surface area contributed by atoms with E-state index in [9.17, 15) is 39.8 Å². The zero-order valence-corrected chi connectivity index (χ0v) is 30.7. The van der Waals surface area contributed by atoms with Gasteiger partial charge in [-0.15, -0.1) is 0 Å². The van der Waals surface area contributed by atoms with Crippen molar-refractivity contribution in [3.05, 3.63) is 93.5 Å². The van der Waals surface area contributed by atoms with Crippen LogP contribution in [0.2, 0.25) is 0 Å². The molecule has 2 amide bonds. The molecular weight excluding hydrogens is 718 g/mol. The molecule has 0 unspecified atom stereocenters. The normalized spacial score (nSPS) is 27.3. The molecule has 3 aliphatic rings. The van der Waals surface area contributed by atoms with Gasteiger partial charge in [-0.3, -0.25) is 15.0 Å². The Morgan fingerprint density at radius 1 is 1.00 bits per heavy atom. The van der Waals surface area contributed by atoms with Crippen LogP contribution < -0.4 is 19.7 Å². The number of esters is 1. The number of rotatable bonds is 9. The fourth-order valence-electron chi connectivity index (χ4n) is 7.85. The van der Waals surface area contributed by atoms with E-state index in [0.717, 1.165) is 79.0 Å². The molecule has 16 heteroatoms. The average Bonchev–Trinajstić information content (AvgIpc) is 3.18. The van der Waals surface area contributed by atoms with E-state index < -0.39 is 64.9 Å². The van der Waals surface area contributed by atoms with E-state index in [2.05, 4.69) is 17.0 Å². The number of nitrogens with zero attached hydrogens (tertiary/aromatic N) is 2. The van der Waals surface area contributed by atoms with E-state index in [1.54, 1.807) is 12.1 Å². The number of hydrogen-bond donors (Lipinski definition) is 4. The molecule has 4 N–H and O–H groups in total. The number of ether oxygens (including phenoxy) is 5. The second kappa shape index (κ2) is 16.6. The zero-order chi connectivity index (χ0) is 39.4. The molecule has 55 heavy (non-hydrogen) atoms. The number of nitro benzene ring substituents is 1. The lowest BCUT2D eigenvalue weighted by molar-refractivity contribution is -0.384. The average molecular weight is 764 g/mol. The lowest BCUT2D eigenvalue weighted by Gasteiger charge is -2.49. The predicted octanol–water partition coefficient (Wildman–Crippen LogP) is 4.28. The molecule has 0 aromatic heterocycles. The number of aliphatic hydroxyl groups is 3. The van der Waals surface area contributed by atoms with E-state index in [0.29, 0.717) is 6.42 Å². The van der Waals surface area contributed by atoms with Crippen LogP contribution in [0, 0.1) is 16.0 Å². The molecule has 1 saturated heterocycles. The minimum absolute atomic E-state index is 0.135. The largest absolute Gasteiger partial charge is 0.467 e. The molecule has 0 radical (unpaired) electrons. The van der Waals surface area contributed by atoms with E-state index in [4.69, 9.17) is 18.9 Å². The van der Waals surface area contributed by atoms with Crippen LogP contribution >= 0.6 is 0 Å². The van der Waals surface area contributed by atoms with Crippen LogP contribution in [-0.4, -0.2) is 89.3 Å². The molecule has 1 heterocycles. The van der Waals surface area contributed by atoms with Crippen LogP contribution in [-0.2, 0) is 37.4 Å². The predicted molar refractivity (Wildman–Crippen MR) is 194 cm³/mol. The van der Waals surface area contributed by atoms with Crippen molar-refractivity contribution in [2.75, 3.05) is 19.1 Å². The van der Waals surface area contributed by atoms with Gasteiger partial charge in [0.1, 0.15) is 36.4 Å². The van der Waals surface area contributed by atoms with Gasteiger partial charge in [0.25, 0.3) is 5.69 Å². The fourth-order valence-corrected chi connectivity index (χ4v) is 7.85. The summed E-state index contributed by atoms with van der Waals surface area (Å²) in [5, 5.41) is 46.2. The lowest BCUT2D eigenvalue weighted by atomic mass is 9.59. The zero-order valence-electron chi connectivity index (χ0n) is 30.7. The summed E-state index contributed by atoms with van der Waals surface area (Å²) in [6.45, 7) is 2.24. The number of nitrogens with one attached hydrogen (secondary N) is 1. The van der Waals surface area contributed by atoms with Gasteiger partial charge in [-0.25, -0.2) is 14.4 Å². The van der Waals surface area contributed by atoms with Gasteiger partial charge in [0.05, 0.1) is 17.7 Å². The quantitative estimate of drug-likeness (QED) is 0.136. The number of nitro groups is 1. The van der Waals surface area contributed by atoms with Crippen molar-refractivity contribution < 1.29 is 58.3 Å². The van der Waals surface area contributed by atoms with Gasteiger partial charge < -0.3 is 44.3 Å². The van der Waals surface area contributed by atoms with Crippen molar-refractivity contribution in [2.45, 2.75) is 94.2 Å². The Morgan fingerprint density at radius 3 is 2.49 bits per heavy atom. The summed E-state index contributed by atoms with van der Waals surface area (Å²) in [4.78, 5) is 51.1. The van der Waals surface area contributed by atoms with Crippen molar-refractivity contribution in [1.82, 2.24) is 5.32 Å². The highest BCUT2D eigenvalue weighted by Gasteiger charge is 2.49. The van der Waals surface area contributed by atoms with Gasteiger partial charge >= 0.3 is 18.2 Å². The van der Waals surface area contributed by atoms with Gasteiger partial charge in [0.2, 0.25) is 6.29 Å². The number of alkyl carbamates (subject to hydrolysis) is 1. The third-order valence-electron chi connectivity index (χ3n) is 10.8. The topological polar surface area (TPSA) is 216 Å². The maximum atomic E-state index is 13.7. The van der Waals surface area contributed by atoms with Crippen LogP contribution in [0.3, 0.4) is 0 Å². The lowest BCUT2D eigenvalue weighted by Crippen LogP contribution is -2.61. The summed E-state index contributed by atoms with van der Waals surface area (Å²) in [5.74, 6) is -0.906. The van der Waals surface area contributed by atoms with Gasteiger partial charge in [-0.05, 0) is 60.1 Å². The summed E-state index contributed by atoms with van der Waals surface area (Å²) < 4.78 is 27.3. The number of carbonyl (C=O) groups is 3. The van der Waals surface area contributed by atoms with Crippen LogP contribution in [0.4, 0.5) is 21.0 Å². The molecule has 2 aliphatic carbocycles. The molecule has 16 nitrogen and oxygen atoms in total. The number of methoxy groups -OCH3 is 1. The number of anilines is 1. The van der Waals surface area contributed by atoms with Crippen molar-refractivity contribution in [1.29, 1.82) is 0 Å². The molecule has 0 spiro atoms. The highest BCUT2D eigenvalue weighted by Crippen LogP contribution is 2.47. The molecule has 1 saturated carbocycles. The highest BCUT2D eigenvalue weighted by atomic mass is 16.7. The van der Waals surface area contributed by atoms with Gasteiger partial charge in [-0.2, -0.15) is 0 Å². The number of carbonyl (C=O) groups excluding carboxylic acids is 3.